The van der Waals surface area contributed by atoms with Crippen LogP contribution in [0.3, 0.4) is 0 Å². The Bertz CT molecular complexity index is 1050. The van der Waals surface area contributed by atoms with Crippen molar-refractivity contribution in [3.63, 3.8) is 0 Å². The number of anilines is 1. The lowest BCUT2D eigenvalue weighted by molar-refractivity contribution is 0.102. The fraction of sp³-hybridized carbons (Fsp3) is 0.105. The summed E-state index contributed by atoms with van der Waals surface area (Å²) >= 11 is 1.57. The quantitative estimate of drug-likeness (QED) is 0.604. The lowest BCUT2D eigenvalue weighted by atomic mass is 10.1. The third-order valence-electron chi connectivity index (χ3n) is 4.12. The third kappa shape index (κ3) is 3.16. The van der Waals surface area contributed by atoms with Crippen LogP contribution >= 0.6 is 11.3 Å². The van der Waals surface area contributed by atoms with Gasteiger partial charge in [-0.3, -0.25) is 4.79 Å². The first kappa shape index (κ1) is 15.5. The van der Waals surface area contributed by atoms with Gasteiger partial charge in [-0.25, -0.2) is 9.97 Å². The second kappa shape index (κ2) is 6.49. The maximum atomic E-state index is 12.6. The number of amides is 1. The highest BCUT2D eigenvalue weighted by atomic mass is 32.1. The van der Waals surface area contributed by atoms with E-state index in [4.69, 9.17) is 0 Å². The van der Waals surface area contributed by atoms with Gasteiger partial charge in [0.25, 0.3) is 5.91 Å². The Morgan fingerprint density at radius 3 is 2.92 bits per heavy atom. The fourth-order valence-electron chi connectivity index (χ4n) is 2.73. The van der Waals surface area contributed by atoms with Crippen LogP contribution in [0.25, 0.3) is 10.2 Å². The number of aromatic nitrogens is 3. The summed E-state index contributed by atoms with van der Waals surface area (Å²) in [4.78, 5) is 21.2. The van der Waals surface area contributed by atoms with Gasteiger partial charge in [-0.1, -0.05) is 18.2 Å². The van der Waals surface area contributed by atoms with Crippen LogP contribution in [-0.2, 0) is 6.54 Å². The molecule has 2 aromatic carbocycles. The number of hydrogen-bond acceptors (Lipinski definition) is 4. The van der Waals surface area contributed by atoms with Crippen LogP contribution in [0.1, 0.15) is 21.7 Å². The number of nitrogens with one attached hydrogen (secondary N) is 1. The summed E-state index contributed by atoms with van der Waals surface area (Å²) in [5.41, 5.74) is 5.08. The van der Waals surface area contributed by atoms with E-state index < -0.39 is 0 Å². The number of aryl methyl sites for hydroxylation is 1. The molecule has 2 heterocycles. The van der Waals surface area contributed by atoms with Crippen molar-refractivity contribution in [3.8, 4) is 0 Å². The number of fused-ring (bicyclic) bond motifs is 1. The number of para-hydroxylation sites is 1. The second-order valence-corrected chi connectivity index (χ2v) is 6.63. The lowest BCUT2D eigenvalue weighted by Gasteiger charge is -2.12. The Balaban J connectivity index is 1.59. The minimum atomic E-state index is -0.135. The van der Waals surface area contributed by atoms with Crippen LogP contribution in [0.15, 0.2) is 60.4 Å². The fourth-order valence-corrected chi connectivity index (χ4v) is 3.39. The van der Waals surface area contributed by atoms with Crippen molar-refractivity contribution in [3.05, 3.63) is 77.3 Å². The third-order valence-corrected chi connectivity index (χ3v) is 4.93. The van der Waals surface area contributed by atoms with Crippen LogP contribution in [-0.4, -0.2) is 20.4 Å². The normalized spacial score (nSPS) is 10.9. The van der Waals surface area contributed by atoms with Crippen molar-refractivity contribution in [2.75, 3.05) is 5.32 Å². The average molecular weight is 348 g/mol. The molecule has 5 nitrogen and oxygen atoms in total. The molecule has 1 N–H and O–H groups in total. The van der Waals surface area contributed by atoms with Crippen LogP contribution in [0.2, 0.25) is 0 Å². The van der Waals surface area contributed by atoms with Gasteiger partial charge in [-0.05, 0) is 36.8 Å². The number of carbonyl (C=O) groups excluding carboxylic acids is 1. The molecule has 4 rings (SSSR count). The summed E-state index contributed by atoms with van der Waals surface area (Å²) in [7, 11) is 0. The number of carbonyl (C=O) groups is 1. The molecule has 0 bridgehead atoms. The van der Waals surface area contributed by atoms with Crippen LogP contribution < -0.4 is 5.32 Å². The Kier molecular flexibility index (Phi) is 4.03. The van der Waals surface area contributed by atoms with E-state index >= 15 is 0 Å². The molecule has 124 valence electrons. The first-order chi connectivity index (χ1) is 12.2. The molecule has 4 aromatic rings. The van der Waals surface area contributed by atoms with Crippen molar-refractivity contribution in [1.29, 1.82) is 0 Å². The number of nitrogens with zero attached hydrogens (tertiary/aromatic N) is 3. The Hall–Kier alpha value is -2.99. The molecule has 0 saturated carbocycles. The molecule has 0 saturated heterocycles. The first-order valence-electron chi connectivity index (χ1n) is 7.91. The standard InChI is InChI=1S/C19H16N4OS/c1-13-20-8-9-23(13)11-15-4-2-3-5-16(15)22-19(24)14-6-7-18-17(10-14)21-12-25-18/h2-10,12H,11H2,1H3,(H,22,24). The second-order valence-electron chi connectivity index (χ2n) is 5.75. The van der Waals surface area contributed by atoms with Crippen LogP contribution in [0, 0.1) is 6.92 Å². The topological polar surface area (TPSA) is 59.8 Å². The van der Waals surface area contributed by atoms with Crippen molar-refractivity contribution < 1.29 is 4.79 Å². The van der Waals surface area contributed by atoms with Crippen LogP contribution in [0.5, 0.6) is 0 Å². The van der Waals surface area contributed by atoms with E-state index in [1.807, 2.05) is 60.2 Å². The molecule has 2 aromatic heterocycles. The number of rotatable bonds is 4. The summed E-state index contributed by atoms with van der Waals surface area (Å²) in [6.07, 6.45) is 3.71. The molecule has 25 heavy (non-hydrogen) atoms. The van der Waals surface area contributed by atoms with E-state index in [2.05, 4.69) is 15.3 Å². The molecule has 0 aliphatic rings. The van der Waals surface area contributed by atoms with Gasteiger partial charge in [-0.2, -0.15) is 0 Å². The molecule has 0 fully saturated rings. The van der Waals surface area contributed by atoms with Crippen molar-refractivity contribution in [1.82, 2.24) is 14.5 Å². The summed E-state index contributed by atoms with van der Waals surface area (Å²) in [6, 6.07) is 13.4. The molecule has 0 spiro atoms. The Morgan fingerprint density at radius 1 is 1.20 bits per heavy atom. The van der Waals surface area contributed by atoms with E-state index in [9.17, 15) is 4.79 Å². The zero-order valence-electron chi connectivity index (χ0n) is 13.6. The smallest absolute Gasteiger partial charge is 0.255 e. The summed E-state index contributed by atoms with van der Waals surface area (Å²) < 4.78 is 3.12. The molecule has 0 aliphatic heterocycles. The molecular weight excluding hydrogens is 332 g/mol. The Morgan fingerprint density at radius 2 is 2.08 bits per heavy atom. The number of imidazole rings is 1. The summed E-state index contributed by atoms with van der Waals surface area (Å²) in [5, 5.41) is 3.02. The van der Waals surface area contributed by atoms with Gasteiger partial charge in [0.15, 0.2) is 0 Å². The van der Waals surface area contributed by atoms with E-state index in [0.717, 1.165) is 27.3 Å². The number of benzene rings is 2. The van der Waals surface area contributed by atoms with Crippen molar-refractivity contribution in [2.24, 2.45) is 0 Å². The van der Waals surface area contributed by atoms with Gasteiger partial charge in [-0.15, -0.1) is 11.3 Å². The van der Waals surface area contributed by atoms with Crippen LogP contribution in [0.4, 0.5) is 5.69 Å². The van der Waals surface area contributed by atoms with E-state index in [-0.39, 0.29) is 5.91 Å². The maximum Gasteiger partial charge on any atom is 0.255 e. The highest BCUT2D eigenvalue weighted by Crippen LogP contribution is 2.21. The first-order valence-corrected chi connectivity index (χ1v) is 8.79. The van der Waals surface area contributed by atoms with Gasteiger partial charge in [0.05, 0.1) is 22.3 Å². The largest absolute Gasteiger partial charge is 0.331 e. The molecule has 0 aliphatic carbocycles. The minimum Gasteiger partial charge on any atom is -0.331 e. The van der Waals surface area contributed by atoms with E-state index in [0.29, 0.717) is 12.1 Å². The Labute approximate surface area is 149 Å². The summed E-state index contributed by atoms with van der Waals surface area (Å²) in [6.45, 7) is 2.62. The molecule has 0 radical (unpaired) electrons. The lowest BCUT2D eigenvalue weighted by Crippen LogP contribution is -2.14. The van der Waals surface area contributed by atoms with Gasteiger partial charge < -0.3 is 9.88 Å². The zero-order chi connectivity index (χ0) is 17.2. The molecule has 0 unspecified atom stereocenters. The van der Waals surface area contributed by atoms with Gasteiger partial charge in [0.2, 0.25) is 0 Å². The average Bonchev–Trinajstić information content (AvgIpc) is 3.25. The SMILES string of the molecule is Cc1nccn1Cc1ccccc1NC(=O)c1ccc2scnc2c1. The number of thiazole rings is 1. The van der Waals surface area contributed by atoms with Crippen molar-refractivity contribution >= 4 is 33.1 Å². The van der Waals surface area contributed by atoms with Gasteiger partial charge in [0, 0.05) is 23.6 Å². The molecular formula is C19H16N4OS. The minimum absolute atomic E-state index is 0.135. The highest BCUT2D eigenvalue weighted by Gasteiger charge is 2.11. The zero-order valence-corrected chi connectivity index (χ0v) is 14.5. The van der Waals surface area contributed by atoms with Gasteiger partial charge >= 0.3 is 0 Å². The molecule has 6 heteroatoms. The predicted molar refractivity (Wildman–Crippen MR) is 100 cm³/mol. The highest BCUT2D eigenvalue weighted by molar-refractivity contribution is 7.16. The summed E-state index contributed by atoms with van der Waals surface area (Å²) in [5.74, 6) is 0.805. The molecule has 0 atom stereocenters. The predicted octanol–water partition coefficient (Wildman–Crippen LogP) is 4.10. The van der Waals surface area contributed by atoms with E-state index in [1.165, 1.54) is 0 Å². The number of hydrogen-bond donors (Lipinski definition) is 1. The maximum absolute atomic E-state index is 12.6. The molecule has 1 amide bonds. The monoisotopic (exact) mass is 348 g/mol. The van der Waals surface area contributed by atoms with Crippen molar-refractivity contribution in [2.45, 2.75) is 13.5 Å². The van der Waals surface area contributed by atoms with Gasteiger partial charge in [0.1, 0.15) is 5.82 Å². The van der Waals surface area contributed by atoms with E-state index in [1.54, 1.807) is 23.0 Å².